The lowest BCUT2D eigenvalue weighted by Crippen LogP contribution is -2.63. The third kappa shape index (κ3) is 4.22. The van der Waals surface area contributed by atoms with Gasteiger partial charge in [0.1, 0.15) is 54.9 Å². The second-order valence-electron chi connectivity index (χ2n) is 5.33. The molecule has 0 spiro atoms. The van der Waals surface area contributed by atoms with E-state index in [4.69, 9.17) is 20.1 Å². The molecule has 9 atom stereocenters. The van der Waals surface area contributed by atoms with Crippen LogP contribution in [0.25, 0.3) is 0 Å². The summed E-state index contributed by atoms with van der Waals surface area (Å²) in [5, 5.41) is 84.6. The standard InChI is InChI=1S/C12H22O11/c13-1-3(15)5(16)7(18)9(20)11(22)12-10(21)8(19)6(17)4(2-14)23-12/h3-8,10-19,21-22H,1-2H2/t3-,4-,5-,6-,7+,8-,10-,11?,12?/m1/s1. The molecule has 0 bridgehead atoms. The number of hydrogen-bond donors (Lipinski definition) is 9. The fourth-order valence-electron chi connectivity index (χ4n) is 2.21. The molecule has 1 aliphatic heterocycles. The summed E-state index contributed by atoms with van der Waals surface area (Å²) in [4.78, 5) is 11.9. The number of ether oxygens (including phenoxy) is 1. The highest BCUT2D eigenvalue weighted by Gasteiger charge is 2.49. The van der Waals surface area contributed by atoms with Crippen molar-refractivity contribution in [3.8, 4) is 0 Å². The number of ketones is 1. The molecule has 0 saturated carbocycles. The van der Waals surface area contributed by atoms with Gasteiger partial charge in [0, 0.05) is 0 Å². The molecule has 1 aliphatic rings. The van der Waals surface area contributed by atoms with Gasteiger partial charge >= 0.3 is 0 Å². The predicted molar refractivity (Wildman–Crippen MR) is 69.9 cm³/mol. The molecule has 0 amide bonds. The second kappa shape index (κ2) is 8.39. The van der Waals surface area contributed by atoms with Gasteiger partial charge in [-0.3, -0.25) is 4.79 Å². The molecule has 1 saturated heterocycles. The molecule has 23 heavy (non-hydrogen) atoms. The zero-order valence-electron chi connectivity index (χ0n) is 12.0. The molecule has 0 radical (unpaired) electrons. The van der Waals surface area contributed by atoms with Gasteiger partial charge < -0.3 is 50.7 Å². The monoisotopic (exact) mass is 342 g/mol. The summed E-state index contributed by atoms with van der Waals surface area (Å²) in [5.74, 6) is -1.45. The molecule has 1 heterocycles. The van der Waals surface area contributed by atoms with Gasteiger partial charge in [-0.1, -0.05) is 0 Å². The molecule has 11 nitrogen and oxygen atoms in total. The predicted octanol–water partition coefficient (Wildman–Crippen LogP) is -6.17. The fraction of sp³-hybridized carbons (Fsp3) is 0.917. The van der Waals surface area contributed by atoms with Crippen LogP contribution < -0.4 is 0 Å². The zero-order valence-corrected chi connectivity index (χ0v) is 12.0. The first-order valence-electron chi connectivity index (χ1n) is 6.84. The van der Waals surface area contributed by atoms with Crippen LogP contribution in [0.5, 0.6) is 0 Å². The molecule has 1 rings (SSSR count). The first-order valence-corrected chi connectivity index (χ1v) is 6.84. The number of carbonyl (C=O) groups is 1. The highest BCUT2D eigenvalue weighted by molar-refractivity contribution is 5.88. The molecule has 0 aromatic heterocycles. The Hall–Kier alpha value is -0.730. The van der Waals surface area contributed by atoms with Crippen LogP contribution in [0.1, 0.15) is 0 Å². The van der Waals surface area contributed by atoms with Gasteiger partial charge in [-0.05, 0) is 0 Å². The summed E-state index contributed by atoms with van der Waals surface area (Å²) in [6, 6.07) is 0. The van der Waals surface area contributed by atoms with E-state index in [2.05, 4.69) is 0 Å². The largest absolute Gasteiger partial charge is 0.394 e. The first-order chi connectivity index (χ1) is 10.7. The van der Waals surface area contributed by atoms with E-state index < -0.39 is 73.9 Å². The van der Waals surface area contributed by atoms with Crippen molar-refractivity contribution in [2.45, 2.75) is 54.9 Å². The highest BCUT2D eigenvalue weighted by Crippen LogP contribution is 2.24. The van der Waals surface area contributed by atoms with Crippen LogP contribution in [-0.2, 0) is 9.53 Å². The van der Waals surface area contributed by atoms with Crippen molar-refractivity contribution in [1.29, 1.82) is 0 Å². The molecule has 136 valence electrons. The van der Waals surface area contributed by atoms with Gasteiger partial charge in [0.05, 0.1) is 13.2 Å². The molecule has 11 heteroatoms. The quantitative estimate of drug-likeness (QED) is 0.212. The molecular weight excluding hydrogens is 320 g/mol. The first kappa shape index (κ1) is 20.3. The van der Waals surface area contributed by atoms with Gasteiger partial charge in [-0.25, -0.2) is 0 Å². The number of Topliss-reactive ketones (excluding diaryl/α,β-unsaturated/α-hetero) is 1. The molecule has 9 N–H and O–H groups in total. The minimum absolute atomic E-state index is 0.781. The Labute approximate surface area is 130 Å². The lowest BCUT2D eigenvalue weighted by atomic mass is 9.89. The Balaban J connectivity index is 2.85. The Bertz CT molecular complexity index is 389. The van der Waals surface area contributed by atoms with Gasteiger partial charge in [-0.15, -0.1) is 0 Å². The minimum atomic E-state index is -2.31. The van der Waals surface area contributed by atoms with Crippen LogP contribution in [0.15, 0.2) is 0 Å². The maximum atomic E-state index is 11.9. The SMILES string of the molecule is O=C(C(O)C1O[C@H](CO)[C@@H](O)[C@@H](O)[C@H]1O)[C@@H](O)[C@H](O)[C@H](O)CO. The fourth-order valence-corrected chi connectivity index (χ4v) is 2.21. The molecule has 1 fully saturated rings. The van der Waals surface area contributed by atoms with Crippen molar-refractivity contribution in [1.82, 2.24) is 0 Å². The summed E-state index contributed by atoms with van der Waals surface area (Å²) in [6.45, 7) is -1.74. The van der Waals surface area contributed by atoms with Gasteiger partial charge in [0.15, 0.2) is 5.78 Å². The number of rotatable bonds is 7. The van der Waals surface area contributed by atoms with Crippen molar-refractivity contribution in [3.63, 3.8) is 0 Å². The van der Waals surface area contributed by atoms with Gasteiger partial charge in [0.25, 0.3) is 0 Å². The van der Waals surface area contributed by atoms with Crippen LogP contribution in [-0.4, -0.2) is 120 Å². The lowest BCUT2D eigenvalue weighted by Gasteiger charge is -2.41. The number of carbonyl (C=O) groups excluding carboxylic acids is 1. The second-order valence-corrected chi connectivity index (χ2v) is 5.33. The van der Waals surface area contributed by atoms with E-state index in [0.29, 0.717) is 0 Å². The average Bonchev–Trinajstić information content (AvgIpc) is 2.56. The Kier molecular flexibility index (Phi) is 7.41. The number of aliphatic hydroxyl groups excluding tert-OH is 9. The van der Waals surface area contributed by atoms with E-state index in [-0.39, 0.29) is 0 Å². The van der Waals surface area contributed by atoms with E-state index in [1.807, 2.05) is 0 Å². The molecule has 2 unspecified atom stereocenters. The molecule has 0 aromatic carbocycles. The topological polar surface area (TPSA) is 208 Å². The third-order valence-corrected chi connectivity index (χ3v) is 3.73. The summed E-state index contributed by atoms with van der Waals surface area (Å²) < 4.78 is 4.94. The van der Waals surface area contributed by atoms with Crippen LogP contribution in [0.3, 0.4) is 0 Å². The van der Waals surface area contributed by atoms with Crippen molar-refractivity contribution >= 4 is 5.78 Å². The van der Waals surface area contributed by atoms with Gasteiger partial charge in [0.2, 0.25) is 0 Å². The van der Waals surface area contributed by atoms with Crippen molar-refractivity contribution in [2.24, 2.45) is 0 Å². The van der Waals surface area contributed by atoms with Crippen molar-refractivity contribution in [3.05, 3.63) is 0 Å². The Morgan fingerprint density at radius 2 is 1.52 bits per heavy atom. The van der Waals surface area contributed by atoms with Crippen LogP contribution in [0, 0.1) is 0 Å². The maximum Gasteiger partial charge on any atom is 0.195 e. The number of aliphatic hydroxyl groups is 9. The van der Waals surface area contributed by atoms with Crippen LogP contribution >= 0.6 is 0 Å². The van der Waals surface area contributed by atoms with Crippen molar-refractivity contribution in [2.75, 3.05) is 13.2 Å². The van der Waals surface area contributed by atoms with Crippen LogP contribution in [0.2, 0.25) is 0 Å². The molecular formula is C12H22O11. The highest BCUT2D eigenvalue weighted by atomic mass is 16.6. The summed E-state index contributed by atoms with van der Waals surface area (Å²) in [6.07, 6.45) is -17.1. The molecule has 0 aliphatic carbocycles. The van der Waals surface area contributed by atoms with E-state index >= 15 is 0 Å². The van der Waals surface area contributed by atoms with E-state index in [0.717, 1.165) is 0 Å². The summed E-state index contributed by atoms with van der Waals surface area (Å²) >= 11 is 0. The molecule has 0 aromatic rings. The van der Waals surface area contributed by atoms with E-state index in [9.17, 15) is 35.4 Å². The lowest BCUT2D eigenvalue weighted by molar-refractivity contribution is -0.248. The van der Waals surface area contributed by atoms with E-state index in [1.54, 1.807) is 0 Å². The van der Waals surface area contributed by atoms with E-state index in [1.165, 1.54) is 0 Å². The summed E-state index contributed by atoms with van der Waals surface area (Å²) in [7, 11) is 0. The third-order valence-electron chi connectivity index (χ3n) is 3.73. The maximum absolute atomic E-state index is 11.9. The average molecular weight is 342 g/mol. The number of hydrogen-bond acceptors (Lipinski definition) is 11. The van der Waals surface area contributed by atoms with Crippen molar-refractivity contribution < 1.29 is 55.5 Å². The zero-order chi connectivity index (χ0) is 17.9. The normalized spacial score (nSPS) is 37.0. The van der Waals surface area contributed by atoms with Gasteiger partial charge in [-0.2, -0.15) is 0 Å². The summed E-state index contributed by atoms with van der Waals surface area (Å²) in [5.41, 5.74) is 0. The Morgan fingerprint density at radius 3 is 2.00 bits per heavy atom. The van der Waals surface area contributed by atoms with Crippen LogP contribution in [0.4, 0.5) is 0 Å². The smallest absolute Gasteiger partial charge is 0.195 e. The minimum Gasteiger partial charge on any atom is -0.394 e. The Morgan fingerprint density at radius 1 is 0.957 bits per heavy atom.